The van der Waals surface area contributed by atoms with Gasteiger partial charge >= 0.3 is 11.9 Å². The molecule has 0 aliphatic heterocycles. The van der Waals surface area contributed by atoms with E-state index in [0.29, 0.717) is 17.7 Å². The maximum Gasteiger partial charge on any atom is 0.340 e. The molecule has 1 aromatic heterocycles. The lowest BCUT2D eigenvalue weighted by molar-refractivity contribution is 0.0593. The summed E-state index contributed by atoms with van der Waals surface area (Å²) in [5, 5.41) is 0. The first-order chi connectivity index (χ1) is 16.1. The van der Waals surface area contributed by atoms with Gasteiger partial charge in [0.1, 0.15) is 5.82 Å². The molecule has 0 amide bonds. The predicted molar refractivity (Wildman–Crippen MR) is 127 cm³/mol. The number of fused-ring (bicyclic) bond motifs is 1. The van der Waals surface area contributed by atoms with Crippen LogP contribution in [-0.4, -0.2) is 35.7 Å². The quantitative estimate of drug-likeness (QED) is 0.364. The lowest BCUT2D eigenvalue weighted by atomic mass is 9.98. The van der Waals surface area contributed by atoms with Crippen LogP contribution >= 0.6 is 0 Å². The van der Waals surface area contributed by atoms with E-state index in [1.165, 1.54) is 14.2 Å². The largest absolute Gasteiger partial charge is 0.465 e. The van der Waals surface area contributed by atoms with Crippen molar-refractivity contribution in [2.24, 2.45) is 0 Å². The summed E-state index contributed by atoms with van der Waals surface area (Å²) < 4.78 is 12.0. The number of carbonyl (C=O) groups is 2. The van der Waals surface area contributed by atoms with Gasteiger partial charge in [-0.1, -0.05) is 55.5 Å². The molecule has 0 saturated carbocycles. The molecule has 4 aromatic rings. The number of ether oxygens (including phenoxy) is 2. The van der Waals surface area contributed by atoms with E-state index in [4.69, 9.17) is 14.5 Å². The van der Waals surface area contributed by atoms with Crippen LogP contribution in [0.15, 0.2) is 66.7 Å². The average molecular weight is 443 g/mol. The molecule has 0 saturated heterocycles. The molecule has 6 heteroatoms. The van der Waals surface area contributed by atoms with E-state index in [0.717, 1.165) is 46.4 Å². The lowest BCUT2D eigenvalue weighted by Gasteiger charge is -2.12. The van der Waals surface area contributed by atoms with Gasteiger partial charge in [0.05, 0.1) is 36.4 Å². The normalized spacial score (nSPS) is 10.9. The van der Waals surface area contributed by atoms with Crippen LogP contribution in [-0.2, 0) is 22.4 Å². The highest BCUT2D eigenvalue weighted by molar-refractivity contribution is 6.02. The summed E-state index contributed by atoms with van der Waals surface area (Å²) in [5.74, 6) is 0.197. The van der Waals surface area contributed by atoms with Crippen LogP contribution in [0.25, 0.3) is 22.2 Å². The van der Waals surface area contributed by atoms with E-state index < -0.39 is 0 Å². The molecule has 3 aromatic carbocycles. The van der Waals surface area contributed by atoms with Crippen LogP contribution in [0.5, 0.6) is 0 Å². The van der Waals surface area contributed by atoms with Crippen molar-refractivity contribution >= 4 is 23.0 Å². The molecule has 0 unspecified atom stereocenters. The van der Waals surface area contributed by atoms with Crippen molar-refractivity contribution in [1.82, 2.24) is 9.55 Å². The summed E-state index contributed by atoms with van der Waals surface area (Å²) in [4.78, 5) is 29.3. The molecular formula is C27H26N2O4. The molecule has 0 radical (unpaired) electrons. The van der Waals surface area contributed by atoms with Gasteiger partial charge in [0.15, 0.2) is 0 Å². The Balaban J connectivity index is 1.73. The summed E-state index contributed by atoms with van der Waals surface area (Å²) >= 11 is 0. The average Bonchev–Trinajstić information content (AvgIpc) is 3.20. The van der Waals surface area contributed by atoms with Crippen LogP contribution in [0.1, 0.15) is 45.4 Å². The highest BCUT2D eigenvalue weighted by Crippen LogP contribution is 2.27. The molecule has 168 valence electrons. The molecule has 6 nitrogen and oxygen atoms in total. The molecular weight excluding hydrogens is 416 g/mol. The Labute approximate surface area is 192 Å². The molecule has 0 aliphatic carbocycles. The fraction of sp³-hybridized carbons (Fsp3) is 0.222. The molecule has 0 aliphatic rings. The zero-order chi connectivity index (χ0) is 23.4. The minimum Gasteiger partial charge on any atom is -0.465 e. The third kappa shape index (κ3) is 4.37. The van der Waals surface area contributed by atoms with Gasteiger partial charge in [0.2, 0.25) is 0 Å². The Morgan fingerprint density at radius 1 is 0.848 bits per heavy atom. The number of benzene rings is 3. The standard InChI is InChI=1S/C27H26N2O4/c1-4-8-24-28-23-12-7-11-22(27(31)33-3)25(23)29(24)17-18-13-15-19(16-14-18)20-9-5-6-10-21(20)26(30)32-2/h5-7,9-16H,4,8,17H2,1-3H3. The third-order valence-electron chi connectivity index (χ3n) is 5.66. The van der Waals surface area contributed by atoms with Gasteiger partial charge < -0.3 is 14.0 Å². The highest BCUT2D eigenvalue weighted by Gasteiger charge is 2.19. The third-order valence-corrected chi connectivity index (χ3v) is 5.66. The maximum atomic E-state index is 12.4. The van der Waals surface area contributed by atoms with Crippen molar-refractivity contribution < 1.29 is 19.1 Å². The second-order valence-corrected chi connectivity index (χ2v) is 7.76. The van der Waals surface area contributed by atoms with E-state index >= 15 is 0 Å². The lowest BCUT2D eigenvalue weighted by Crippen LogP contribution is -2.09. The SMILES string of the molecule is CCCc1nc2cccc(C(=O)OC)c2n1Cc1ccc(-c2ccccc2C(=O)OC)cc1. The number of aromatic nitrogens is 2. The summed E-state index contributed by atoms with van der Waals surface area (Å²) in [5.41, 5.74) is 5.42. The van der Waals surface area contributed by atoms with Crippen LogP contribution in [0.2, 0.25) is 0 Å². The molecule has 0 fully saturated rings. The van der Waals surface area contributed by atoms with E-state index in [1.54, 1.807) is 12.1 Å². The van der Waals surface area contributed by atoms with Gasteiger partial charge in [-0.15, -0.1) is 0 Å². The zero-order valence-electron chi connectivity index (χ0n) is 19.0. The highest BCUT2D eigenvalue weighted by atomic mass is 16.5. The van der Waals surface area contributed by atoms with Gasteiger partial charge in [0, 0.05) is 13.0 Å². The fourth-order valence-electron chi connectivity index (χ4n) is 4.09. The number of imidazole rings is 1. The van der Waals surface area contributed by atoms with E-state index in [-0.39, 0.29) is 11.9 Å². The molecule has 33 heavy (non-hydrogen) atoms. The van der Waals surface area contributed by atoms with Crippen LogP contribution in [0, 0.1) is 0 Å². The number of nitrogens with zero attached hydrogens (tertiary/aromatic N) is 2. The molecule has 1 heterocycles. The maximum absolute atomic E-state index is 12.4. The fourth-order valence-corrected chi connectivity index (χ4v) is 4.09. The Morgan fingerprint density at radius 2 is 1.52 bits per heavy atom. The van der Waals surface area contributed by atoms with Gasteiger partial charge in [0.25, 0.3) is 0 Å². The molecule has 0 bridgehead atoms. The Morgan fingerprint density at radius 3 is 2.21 bits per heavy atom. The monoisotopic (exact) mass is 442 g/mol. The van der Waals surface area contributed by atoms with Crippen LogP contribution < -0.4 is 0 Å². The molecule has 4 rings (SSSR count). The van der Waals surface area contributed by atoms with Crippen molar-refractivity contribution in [2.75, 3.05) is 14.2 Å². The van der Waals surface area contributed by atoms with Gasteiger partial charge in [-0.25, -0.2) is 14.6 Å². The number of hydrogen-bond donors (Lipinski definition) is 0. The van der Waals surface area contributed by atoms with Crippen LogP contribution in [0.3, 0.4) is 0 Å². The first-order valence-electron chi connectivity index (χ1n) is 10.9. The second-order valence-electron chi connectivity index (χ2n) is 7.76. The molecule has 0 atom stereocenters. The van der Waals surface area contributed by atoms with Crippen molar-refractivity contribution in [1.29, 1.82) is 0 Å². The smallest absolute Gasteiger partial charge is 0.340 e. The minimum absolute atomic E-state index is 0.362. The molecule has 0 N–H and O–H groups in total. The van der Waals surface area contributed by atoms with Crippen LogP contribution in [0.4, 0.5) is 0 Å². The summed E-state index contributed by atoms with van der Waals surface area (Å²) in [6, 6.07) is 21.0. The topological polar surface area (TPSA) is 70.4 Å². The number of esters is 2. The number of rotatable bonds is 7. The van der Waals surface area contributed by atoms with E-state index in [9.17, 15) is 9.59 Å². The Kier molecular flexibility index (Phi) is 6.54. The van der Waals surface area contributed by atoms with Gasteiger partial charge in [-0.3, -0.25) is 0 Å². The van der Waals surface area contributed by atoms with Gasteiger partial charge in [-0.2, -0.15) is 0 Å². The van der Waals surface area contributed by atoms with Crippen molar-refractivity contribution in [3.05, 3.63) is 89.2 Å². The Bertz CT molecular complexity index is 1310. The van der Waals surface area contributed by atoms with Gasteiger partial charge in [-0.05, 0) is 41.3 Å². The van der Waals surface area contributed by atoms with E-state index in [1.807, 2.05) is 54.6 Å². The first-order valence-corrected chi connectivity index (χ1v) is 10.9. The number of carbonyl (C=O) groups excluding carboxylic acids is 2. The second kappa shape index (κ2) is 9.69. The number of para-hydroxylation sites is 1. The van der Waals surface area contributed by atoms with Crippen molar-refractivity contribution in [3.8, 4) is 11.1 Å². The van der Waals surface area contributed by atoms with Crippen molar-refractivity contribution in [3.63, 3.8) is 0 Å². The number of hydrogen-bond acceptors (Lipinski definition) is 5. The minimum atomic E-state index is -0.375. The van der Waals surface area contributed by atoms with E-state index in [2.05, 4.69) is 11.5 Å². The zero-order valence-corrected chi connectivity index (χ0v) is 19.0. The number of methoxy groups -OCH3 is 2. The summed E-state index contributed by atoms with van der Waals surface area (Å²) in [6.07, 6.45) is 1.75. The molecule has 0 spiro atoms. The summed E-state index contributed by atoms with van der Waals surface area (Å²) in [6.45, 7) is 2.68. The first kappa shape index (κ1) is 22.3. The van der Waals surface area contributed by atoms with Crippen molar-refractivity contribution in [2.45, 2.75) is 26.3 Å². The Hall–Kier alpha value is -3.93. The predicted octanol–water partition coefficient (Wildman–Crippen LogP) is 5.28. The summed E-state index contributed by atoms with van der Waals surface area (Å²) in [7, 11) is 2.77. The number of aryl methyl sites for hydroxylation is 1.